The van der Waals surface area contributed by atoms with E-state index in [4.69, 9.17) is 0 Å². The summed E-state index contributed by atoms with van der Waals surface area (Å²) in [4.78, 5) is 17.0. The number of nitrogens with zero attached hydrogens (tertiary/aromatic N) is 3. The number of aryl methyl sites for hydroxylation is 1. The van der Waals surface area contributed by atoms with E-state index in [1.807, 2.05) is 29.9 Å². The van der Waals surface area contributed by atoms with Crippen molar-refractivity contribution in [2.45, 2.75) is 51.0 Å². The van der Waals surface area contributed by atoms with Crippen LogP contribution in [0.4, 0.5) is 5.95 Å². The van der Waals surface area contributed by atoms with Crippen LogP contribution in [-0.2, 0) is 11.2 Å². The number of nitrogens with one attached hydrogen (secondary N) is 2. The van der Waals surface area contributed by atoms with Crippen molar-refractivity contribution < 1.29 is 4.79 Å². The summed E-state index contributed by atoms with van der Waals surface area (Å²) in [6.07, 6.45) is 11.8. The molecule has 6 nitrogen and oxygen atoms in total. The Morgan fingerprint density at radius 3 is 2.89 bits per heavy atom. The van der Waals surface area contributed by atoms with Crippen LogP contribution >= 0.6 is 11.3 Å². The van der Waals surface area contributed by atoms with Gasteiger partial charge in [0.25, 0.3) is 0 Å². The van der Waals surface area contributed by atoms with E-state index in [1.165, 1.54) is 25.7 Å². The van der Waals surface area contributed by atoms with Crippen LogP contribution in [0.2, 0.25) is 0 Å². The molecule has 3 aromatic rings. The molecule has 1 amide bonds. The predicted octanol–water partition coefficient (Wildman–Crippen LogP) is 4.41. The Morgan fingerprint density at radius 2 is 2.15 bits per heavy atom. The highest BCUT2D eigenvalue weighted by molar-refractivity contribution is 7.08. The first kappa shape index (κ1) is 18.0. The molecule has 1 atom stereocenters. The minimum absolute atomic E-state index is 0.0213. The summed E-state index contributed by atoms with van der Waals surface area (Å²) in [5, 5.41) is 14.1. The van der Waals surface area contributed by atoms with Crippen molar-refractivity contribution in [2.24, 2.45) is 5.92 Å². The van der Waals surface area contributed by atoms with E-state index in [0.29, 0.717) is 12.4 Å². The van der Waals surface area contributed by atoms with E-state index in [1.54, 1.807) is 11.3 Å². The lowest BCUT2D eigenvalue weighted by Gasteiger charge is -2.17. The molecule has 7 heteroatoms. The SMILES string of the molecule is O=C(C[C@@H](c1ccsc1)n1cccc1)Nc1n[nH]c(CCC2CCCC2)n1. The van der Waals surface area contributed by atoms with Crippen LogP contribution in [0, 0.1) is 5.92 Å². The number of carbonyl (C=O) groups is 1. The van der Waals surface area contributed by atoms with Gasteiger partial charge in [0, 0.05) is 18.8 Å². The van der Waals surface area contributed by atoms with Crippen LogP contribution in [0.15, 0.2) is 41.4 Å². The molecule has 3 heterocycles. The maximum absolute atomic E-state index is 12.6. The quantitative estimate of drug-likeness (QED) is 0.605. The smallest absolute Gasteiger partial charge is 0.248 e. The predicted molar refractivity (Wildman–Crippen MR) is 107 cm³/mol. The number of aromatic amines is 1. The lowest BCUT2D eigenvalue weighted by Crippen LogP contribution is -2.19. The van der Waals surface area contributed by atoms with Crippen LogP contribution in [-0.4, -0.2) is 25.7 Å². The molecule has 4 rings (SSSR count). The van der Waals surface area contributed by atoms with Crippen molar-refractivity contribution in [2.75, 3.05) is 5.32 Å². The number of hydrogen-bond donors (Lipinski definition) is 2. The normalized spacial score (nSPS) is 15.9. The van der Waals surface area contributed by atoms with Crippen LogP contribution < -0.4 is 5.32 Å². The largest absolute Gasteiger partial charge is 0.346 e. The Kier molecular flexibility index (Phi) is 5.67. The second kappa shape index (κ2) is 8.52. The van der Waals surface area contributed by atoms with Crippen molar-refractivity contribution in [3.63, 3.8) is 0 Å². The van der Waals surface area contributed by atoms with E-state index >= 15 is 0 Å². The highest BCUT2D eigenvalue weighted by atomic mass is 32.1. The van der Waals surface area contributed by atoms with Gasteiger partial charge in [-0.15, -0.1) is 5.10 Å². The molecule has 0 saturated heterocycles. The summed E-state index contributed by atoms with van der Waals surface area (Å²) in [6, 6.07) is 6.00. The molecule has 3 aromatic heterocycles. The van der Waals surface area contributed by atoms with Gasteiger partial charge in [0.05, 0.1) is 12.5 Å². The van der Waals surface area contributed by atoms with Crippen molar-refractivity contribution in [3.05, 3.63) is 52.7 Å². The first-order valence-corrected chi connectivity index (χ1v) is 10.6. The van der Waals surface area contributed by atoms with E-state index < -0.39 is 0 Å². The Bertz CT molecular complexity index is 800. The van der Waals surface area contributed by atoms with Gasteiger partial charge in [-0.25, -0.2) is 0 Å². The van der Waals surface area contributed by atoms with Gasteiger partial charge in [-0.1, -0.05) is 25.7 Å². The number of rotatable bonds is 8. The number of aromatic nitrogens is 4. The molecule has 0 bridgehead atoms. The second-order valence-corrected chi connectivity index (χ2v) is 8.03. The minimum Gasteiger partial charge on any atom is -0.346 e. The Labute approximate surface area is 163 Å². The number of thiophene rings is 1. The maximum Gasteiger partial charge on any atom is 0.248 e. The van der Waals surface area contributed by atoms with Gasteiger partial charge in [-0.2, -0.15) is 16.3 Å². The lowest BCUT2D eigenvalue weighted by atomic mass is 10.0. The first-order chi connectivity index (χ1) is 13.3. The molecule has 142 valence electrons. The fourth-order valence-corrected chi connectivity index (χ4v) is 4.58. The van der Waals surface area contributed by atoms with Gasteiger partial charge in [-0.05, 0) is 46.9 Å². The first-order valence-electron chi connectivity index (χ1n) is 9.63. The molecule has 1 fully saturated rings. The lowest BCUT2D eigenvalue weighted by molar-refractivity contribution is -0.116. The molecule has 2 N–H and O–H groups in total. The zero-order valence-corrected chi connectivity index (χ0v) is 16.1. The Morgan fingerprint density at radius 1 is 1.33 bits per heavy atom. The molecular weight excluding hydrogens is 358 g/mol. The third-order valence-corrected chi connectivity index (χ3v) is 6.04. The van der Waals surface area contributed by atoms with E-state index in [9.17, 15) is 4.79 Å². The molecule has 27 heavy (non-hydrogen) atoms. The molecule has 1 aliphatic rings. The van der Waals surface area contributed by atoms with Gasteiger partial charge in [-0.3, -0.25) is 15.2 Å². The third kappa shape index (κ3) is 4.66. The number of anilines is 1. The number of H-pyrrole nitrogens is 1. The van der Waals surface area contributed by atoms with Crippen molar-refractivity contribution in [1.82, 2.24) is 19.7 Å². The fourth-order valence-electron chi connectivity index (χ4n) is 3.87. The summed E-state index contributed by atoms with van der Waals surface area (Å²) in [6.45, 7) is 0. The van der Waals surface area contributed by atoms with Gasteiger partial charge >= 0.3 is 0 Å². The van der Waals surface area contributed by atoms with Gasteiger partial charge in [0.15, 0.2) is 0 Å². The highest BCUT2D eigenvalue weighted by Gasteiger charge is 2.19. The van der Waals surface area contributed by atoms with E-state index in [-0.39, 0.29) is 11.9 Å². The third-order valence-electron chi connectivity index (χ3n) is 5.34. The molecule has 0 aromatic carbocycles. The molecule has 0 aliphatic heterocycles. The number of amides is 1. The average Bonchev–Trinajstić information content (AvgIpc) is 3.47. The van der Waals surface area contributed by atoms with Crippen LogP contribution in [0.25, 0.3) is 0 Å². The van der Waals surface area contributed by atoms with E-state index in [2.05, 4.69) is 36.5 Å². The van der Waals surface area contributed by atoms with Gasteiger partial charge in [0.1, 0.15) is 5.82 Å². The molecule has 0 radical (unpaired) electrons. The topological polar surface area (TPSA) is 75.6 Å². The summed E-state index contributed by atoms with van der Waals surface area (Å²) >= 11 is 1.64. The van der Waals surface area contributed by atoms with Crippen LogP contribution in [0.5, 0.6) is 0 Å². The zero-order chi connectivity index (χ0) is 18.5. The standard InChI is InChI=1S/C20H25N5OS/c26-19(13-17(16-9-12-27-14-16)25-10-3-4-11-25)22-20-21-18(23-24-20)8-7-15-5-1-2-6-15/h3-4,9-12,14-15,17H,1-2,5-8,13H2,(H2,21,22,23,24,26)/t17-/m0/s1. The number of hydrogen-bond acceptors (Lipinski definition) is 4. The van der Waals surface area contributed by atoms with Crippen molar-refractivity contribution in [1.29, 1.82) is 0 Å². The van der Waals surface area contributed by atoms with Crippen molar-refractivity contribution in [3.8, 4) is 0 Å². The fraction of sp³-hybridized carbons (Fsp3) is 0.450. The second-order valence-electron chi connectivity index (χ2n) is 7.25. The average molecular weight is 384 g/mol. The molecule has 1 saturated carbocycles. The molecule has 0 spiro atoms. The summed E-state index contributed by atoms with van der Waals surface area (Å²) in [7, 11) is 0. The van der Waals surface area contributed by atoms with Crippen LogP contribution in [0.1, 0.15) is 56.0 Å². The Hall–Kier alpha value is -2.41. The highest BCUT2D eigenvalue weighted by Crippen LogP contribution is 2.28. The molecule has 0 unspecified atom stereocenters. The summed E-state index contributed by atoms with van der Waals surface area (Å²) in [5.74, 6) is 1.97. The van der Waals surface area contributed by atoms with Crippen LogP contribution in [0.3, 0.4) is 0 Å². The zero-order valence-electron chi connectivity index (χ0n) is 15.3. The van der Waals surface area contributed by atoms with Gasteiger partial charge < -0.3 is 4.57 Å². The van der Waals surface area contributed by atoms with Gasteiger partial charge in [0.2, 0.25) is 11.9 Å². The van der Waals surface area contributed by atoms with E-state index in [0.717, 1.165) is 30.1 Å². The summed E-state index contributed by atoms with van der Waals surface area (Å²) in [5.41, 5.74) is 1.14. The number of carbonyl (C=O) groups excluding carboxylic acids is 1. The molecule has 1 aliphatic carbocycles. The maximum atomic E-state index is 12.6. The van der Waals surface area contributed by atoms with Crippen molar-refractivity contribution >= 4 is 23.2 Å². The Balaban J connectivity index is 1.34. The monoisotopic (exact) mass is 383 g/mol. The molecular formula is C20H25N5OS. The minimum atomic E-state index is -0.0822. The summed E-state index contributed by atoms with van der Waals surface area (Å²) < 4.78 is 2.06.